The lowest BCUT2D eigenvalue weighted by atomic mass is 9.99. The highest BCUT2D eigenvalue weighted by molar-refractivity contribution is 5.95. The Balaban J connectivity index is 2.71. The van der Waals surface area contributed by atoms with E-state index >= 15 is 0 Å². The Morgan fingerprint density at radius 2 is 2.29 bits per heavy atom. The van der Waals surface area contributed by atoms with E-state index in [-0.39, 0.29) is 11.8 Å². The van der Waals surface area contributed by atoms with Crippen molar-refractivity contribution in [2.24, 2.45) is 11.7 Å². The maximum absolute atomic E-state index is 11.8. The van der Waals surface area contributed by atoms with E-state index in [9.17, 15) is 4.79 Å². The fraction of sp³-hybridized carbons (Fsp3) is 0.357. The summed E-state index contributed by atoms with van der Waals surface area (Å²) < 4.78 is 0. The molecule has 0 fully saturated rings. The van der Waals surface area contributed by atoms with Crippen molar-refractivity contribution in [3.05, 3.63) is 29.8 Å². The second-order valence-corrected chi connectivity index (χ2v) is 4.13. The van der Waals surface area contributed by atoms with Gasteiger partial charge in [0.05, 0.1) is 6.04 Å². The lowest BCUT2D eigenvalue weighted by molar-refractivity contribution is -0.118. The highest BCUT2D eigenvalue weighted by Gasteiger charge is 2.19. The number of terminal acetylenes is 1. The maximum atomic E-state index is 11.8. The number of benzene rings is 1. The molecular weight excluding hydrogens is 212 g/mol. The molecule has 0 saturated heterocycles. The van der Waals surface area contributed by atoms with Gasteiger partial charge in [-0.1, -0.05) is 32.3 Å². The Morgan fingerprint density at radius 3 is 2.88 bits per heavy atom. The van der Waals surface area contributed by atoms with E-state index in [1.54, 1.807) is 18.2 Å². The molecule has 0 saturated carbocycles. The molecule has 0 radical (unpaired) electrons. The molecule has 2 atom stereocenters. The summed E-state index contributed by atoms with van der Waals surface area (Å²) in [6.45, 7) is 3.97. The van der Waals surface area contributed by atoms with Crippen molar-refractivity contribution < 1.29 is 4.79 Å². The third-order valence-corrected chi connectivity index (χ3v) is 2.86. The third-order valence-electron chi connectivity index (χ3n) is 2.86. The monoisotopic (exact) mass is 230 g/mol. The molecule has 0 bridgehead atoms. The molecule has 1 unspecified atom stereocenters. The summed E-state index contributed by atoms with van der Waals surface area (Å²) in [6.07, 6.45) is 6.17. The number of hydrogen-bond donors (Lipinski definition) is 2. The molecule has 0 aliphatic heterocycles. The molecule has 0 aliphatic carbocycles. The molecule has 0 spiro atoms. The Bertz CT molecular complexity index is 434. The van der Waals surface area contributed by atoms with E-state index in [0.717, 1.165) is 12.0 Å². The van der Waals surface area contributed by atoms with Crippen LogP contribution in [0.4, 0.5) is 5.69 Å². The van der Waals surface area contributed by atoms with Crippen molar-refractivity contribution in [3.8, 4) is 12.3 Å². The number of nitrogens with one attached hydrogen (secondary N) is 1. The second kappa shape index (κ2) is 6.07. The fourth-order valence-electron chi connectivity index (χ4n) is 1.42. The molecule has 1 amide bonds. The summed E-state index contributed by atoms with van der Waals surface area (Å²) in [5.74, 6) is 2.51. The first-order valence-corrected chi connectivity index (χ1v) is 5.71. The molecule has 17 heavy (non-hydrogen) atoms. The van der Waals surface area contributed by atoms with E-state index in [2.05, 4.69) is 11.2 Å². The average molecular weight is 230 g/mol. The smallest absolute Gasteiger partial charge is 0.241 e. The number of nitrogens with two attached hydrogens (primary N) is 1. The molecule has 0 aromatic heterocycles. The maximum Gasteiger partial charge on any atom is 0.241 e. The van der Waals surface area contributed by atoms with Gasteiger partial charge in [-0.05, 0) is 24.1 Å². The lowest BCUT2D eigenvalue weighted by Crippen LogP contribution is -2.40. The van der Waals surface area contributed by atoms with Crippen molar-refractivity contribution in [1.29, 1.82) is 0 Å². The summed E-state index contributed by atoms with van der Waals surface area (Å²) in [5.41, 5.74) is 7.26. The highest BCUT2D eigenvalue weighted by atomic mass is 16.2. The topological polar surface area (TPSA) is 55.1 Å². The zero-order valence-corrected chi connectivity index (χ0v) is 10.2. The van der Waals surface area contributed by atoms with E-state index < -0.39 is 6.04 Å². The zero-order chi connectivity index (χ0) is 12.8. The molecule has 1 aromatic carbocycles. The molecule has 0 heterocycles. The van der Waals surface area contributed by atoms with Crippen LogP contribution in [0.15, 0.2) is 24.3 Å². The minimum absolute atomic E-state index is 0.158. The Hall–Kier alpha value is -1.79. The van der Waals surface area contributed by atoms with Gasteiger partial charge in [0.15, 0.2) is 0 Å². The van der Waals surface area contributed by atoms with Crippen molar-refractivity contribution in [3.63, 3.8) is 0 Å². The first-order chi connectivity index (χ1) is 8.08. The van der Waals surface area contributed by atoms with E-state index in [1.807, 2.05) is 19.9 Å². The first kappa shape index (κ1) is 13.3. The minimum atomic E-state index is -0.491. The van der Waals surface area contributed by atoms with Gasteiger partial charge in [-0.2, -0.15) is 0 Å². The van der Waals surface area contributed by atoms with Gasteiger partial charge in [0, 0.05) is 11.3 Å². The second-order valence-electron chi connectivity index (χ2n) is 4.13. The summed E-state index contributed by atoms with van der Waals surface area (Å²) in [7, 11) is 0. The van der Waals surface area contributed by atoms with Crippen molar-refractivity contribution in [1.82, 2.24) is 0 Å². The summed E-state index contributed by atoms with van der Waals surface area (Å²) >= 11 is 0. The van der Waals surface area contributed by atoms with Gasteiger partial charge >= 0.3 is 0 Å². The fourth-order valence-corrected chi connectivity index (χ4v) is 1.42. The van der Waals surface area contributed by atoms with E-state index in [1.165, 1.54) is 0 Å². The molecule has 3 nitrogen and oxygen atoms in total. The molecule has 90 valence electrons. The van der Waals surface area contributed by atoms with Gasteiger partial charge in [0.2, 0.25) is 5.91 Å². The van der Waals surface area contributed by atoms with Gasteiger partial charge in [-0.3, -0.25) is 4.79 Å². The van der Waals surface area contributed by atoms with Gasteiger partial charge < -0.3 is 11.1 Å². The Morgan fingerprint density at radius 1 is 1.59 bits per heavy atom. The lowest BCUT2D eigenvalue weighted by Gasteiger charge is -2.17. The highest BCUT2D eigenvalue weighted by Crippen LogP contribution is 2.12. The molecule has 1 aromatic rings. The standard InChI is InChI=1S/C14H18N2O/c1-4-10(3)13(15)14(17)16-12-8-6-7-11(5-2)9-12/h2,6-10,13H,4,15H2,1,3H3,(H,16,17)/t10?,13-/m0/s1. The number of rotatable bonds is 4. The first-order valence-electron chi connectivity index (χ1n) is 5.71. The van der Waals surface area contributed by atoms with E-state index in [0.29, 0.717) is 5.69 Å². The molecule has 1 rings (SSSR count). The SMILES string of the molecule is C#Cc1cccc(NC(=O)[C@@H](N)C(C)CC)c1. The van der Waals surface area contributed by atoms with Gasteiger partial charge in [0.25, 0.3) is 0 Å². The van der Waals surface area contributed by atoms with Gasteiger partial charge in [0.1, 0.15) is 0 Å². The van der Waals surface area contributed by atoms with Crippen LogP contribution < -0.4 is 11.1 Å². The van der Waals surface area contributed by atoms with Crippen LogP contribution in [0.5, 0.6) is 0 Å². The predicted molar refractivity (Wildman–Crippen MR) is 70.4 cm³/mol. The molecule has 3 N–H and O–H groups in total. The zero-order valence-electron chi connectivity index (χ0n) is 10.2. The predicted octanol–water partition coefficient (Wildman–Crippen LogP) is 1.98. The van der Waals surface area contributed by atoms with Crippen LogP contribution in [0.25, 0.3) is 0 Å². The summed E-state index contributed by atoms with van der Waals surface area (Å²) in [5, 5.41) is 2.77. The number of hydrogen-bond acceptors (Lipinski definition) is 2. The van der Waals surface area contributed by atoms with Crippen LogP contribution in [0.1, 0.15) is 25.8 Å². The van der Waals surface area contributed by atoms with Crippen molar-refractivity contribution >= 4 is 11.6 Å². The van der Waals surface area contributed by atoms with Crippen LogP contribution >= 0.6 is 0 Å². The van der Waals surface area contributed by atoms with Crippen LogP contribution in [0, 0.1) is 18.3 Å². The normalized spacial score (nSPS) is 13.5. The number of carbonyl (C=O) groups is 1. The van der Waals surface area contributed by atoms with E-state index in [4.69, 9.17) is 12.2 Å². The Kier molecular flexibility index (Phi) is 4.74. The summed E-state index contributed by atoms with van der Waals surface area (Å²) in [4.78, 5) is 11.8. The van der Waals surface area contributed by atoms with Crippen LogP contribution in [0.3, 0.4) is 0 Å². The minimum Gasteiger partial charge on any atom is -0.325 e. The van der Waals surface area contributed by atoms with Gasteiger partial charge in [-0.15, -0.1) is 6.42 Å². The third kappa shape index (κ3) is 3.61. The molecule has 3 heteroatoms. The van der Waals surface area contributed by atoms with Crippen LogP contribution in [-0.4, -0.2) is 11.9 Å². The van der Waals surface area contributed by atoms with Gasteiger partial charge in [-0.25, -0.2) is 0 Å². The number of carbonyl (C=O) groups excluding carboxylic acids is 1. The van der Waals surface area contributed by atoms with Crippen LogP contribution in [-0.2, 0) is 4.79 Å². The number of anilines is 1. The largest absolute Gasteiger partial charge is 0.325 e. The van der Waals surface area contributed by atoms with Crippen LogP contribution in [0.2, 0.25) is 0 Å². The quantitative estimate of drug-likeness (QED) is 0.777. The molecule has 0 aliphatic rings. The summed E-state index contributed by atoms with van der Waals surface area (Å²) in [6, 6.07) is 6.67. The molecular formula is C14H18N2O. The Labute approximate surface area is 102 Å². The van der Waals surface area contributed by atoms with Crippen molar-refractivity contribution in [2.75, 3.05) is 5.32 Å². The number of amides is 1. The van der Waals surface area contributed by atoms with Crippen molar-refractivity contribution in [2.45, 2.75) is 26.3 Å². The average Bonchev–Trinajstić information content (AvgIpc) is 2.37.